The SMILES string of the molecule is CC(=O)N1CCN(c2cc(N3CCCC(C)C3)nc(C)n2)CC1. The summed E-state index contributed by atoms with van der Waals surface area (Å²) in [5.41, 5.74) is 0. The number of hydrogen-bond acceptors (Lipinski definition) is 5. The van der Waals surface area contributed by atoms with Crippen LogP contribution in [0.1, 0.15) is 32.5 Å². The van der Waals surface area contributed by atoms with Gasteiger partial charge in [-0.1, -0.05) is 6.92 Å². The van der Waals surface area contributed by atoms with Gasteiger partial charge in [0.1, 0.15) is 17.5 Å². The molecule has 1 amide bonds. The highest BCUT2D eigenvalue weighted by Gasteiger charge is 2.22. The Balaban J connectivity index is 1.74. The van der Waals surface area contributed by atoms with Crippen molar-refractivity contribution < 1.29 is 4.79 Å². The maximum Gasteiger partial charge on any atom is 0.219 e. The van der Waals surface area contributed by atoms with Gasteiger partial charge in [-0.15, -0.1) is 0 Å². The molecule has 6 heteroatoms. The first kappa shape index (κ1) is 16.0. The molecule has 2 saturated heterocycles. The van der Waals surface area contributed by atoms with Gasteiger partial charge in [-0.05, 0) is 25.7 Å². The largest absolute Gasteiger partial charge is 0.356 e. The molecule has 0 radical (unpaired) electrons. The standard InChI is InChI=1S/C17H27N5O/c1-13-5-4-6-22(12-13)17-11-16(18-14(2)19-17)21-9-7-20(8-10-21)15(3)23/h11,13H,4-10,12H2,1-3H3. The number of hydrogen-bond donors (Lipinski definition) is 0. The van der Waals surface area contributed by atoms with E-state index in [1.54, 1.807) is 6.92 Å². The molecule has 0 spiro atoms. The number of amides is 1. The summed E-state index contributed by atoms with van der Waals surface area (Å²) in [6, 6.07) is 2.12. The molecule has 0 aromatic carbocycles. The summed E-state index contributed by atoms with van der Waals surface area (Å²) in [5, 5.41) is 0. The maximum absolute atomic E-state index is 11.5. The van der Waals surface area contributed by atoms with E-state index in [4.69, 9.17) is 0 Å². The Morgan fingerprint density at radius 3 is 2.35 bits per heavy atom. The molecule has 1 aromatic rings. The third kappa shape index (κ3) is 3.74. The molecule has 3 rings (SSSR count). The van der Waals surface area contributed by atoms with Crippen molar-refractivity contribution in [1.82, 2.24) is 14.9 Å². The molecular weight excluding hydrogens is 290 g/mol. The average Bonchev–Trinajstić information content (AvgIpc) is 2.54. The van der Waals surface area contributed by atoms with Crippen molar-refractivity contribution >= 4 is 17.5 Å². The number of aryl methyl sites for hydroxylation is 1. The third-order valence-corrected chi connectivity index (χ3v) is 4.84. The van der Waals surface area contributed by atoms with Crippen LogP contribution < -0.4 is 9.80 Å². The summed E-state index contributed by atoms with van der Waals surface area (Å²) < 4.78 is 0. The Labute approximate surface area is 138 Å². The predicted molar refractivity (Wildman–Crippen MR) is 91.8 cm³/mol. The van der Waals surface area contributed by atoms with Gasteiger partial charge < -0.3 is 14.7 Å². The Bertz CT molecular complexity index is 568. The van der Waals surface area contributed by atoms with E-state index >= 15 is 0 Å². The van der Waals surface area contributed by atoms with Crippen molar-refractivity contribution in [3.63, 3.8) is 0 Å². The highest BCUT2D eigenvalue weighted by Crippen LogP contribution is 2.25. The van der Waals surface area contributed by atoms with E-state index in [0.29, 0.717) is 0 Å². The fourth-order valence-corrected chi connectivity index (χ4v) is 3.51. The minimum atomic E-state index is 0.159. The molecule has 0 bridgehead atoms. The summed E-state index contributed by atoms with van der Waals surface area (Å²) in [6.45, 7) is 11.3. The first-order chi connectivity index (χ1) is 11.0. The van der Waals surface area contributed by atoms with Gasteiger partial charge in [0.2, 0.25) is 5.91 Å². The molecular formula is C17H27N5O. The van der Waals surface area contributed by atoms with Gasteiger partial charge >= 0.3 is 0 Å². The third-order valence-electron chi connectivity index (χ3n) is 4.84. The van der Waals surface area contributed by atoms with Crippen LogP contribution in [0, 0.1) is 12.8 Å². The van der Waals surface area contributed by atoms with E-state index in [1.165, 1.54) is 12.8 Å². The highest BCUT2D eigenvalue weighted by molar-refractivity contribution is 5.73. The molecule has 6 nitrogen and oxygen atoms in total. The van der Waals surface area contributed by atoms with E-state index in [9.17, 15) is 4.79 Å². The Hall–Kier alpha value is -1.85. The van der Waals surface area contributed by atoms with Crippen LogP contribution >= 0.6 is 0 Å². The smallest absolute Gasteiger partial charge is 0.219 e. The number of piperidine rings is 1. The second-order valence-electron chi connectivity index (χ2n) is 6.82. The molecule has 2 fully saturated rings. The first-order valence-corrected chi connectivity index (χ1v) is 8.64. The van der Waals surface area contributed by atoms with Crippen LogP contribution in [0.2, 0.25) is 0 Å². The van der Waals surface area contributed by atoms with Crippen LogP contribution in [-0.4, -0.2) is 60.0 Å². The topological polar surface area (TPSA) is 52.6 Å². The highest BCUT2D eigenvalue weighted by atomic mass is 16.2. The van der Waals surface area contributed by atoms with Gasteiger partial charge in [0.25, 0.3) is 0 Å². The lowest BCUT2D eigenvalue weighted by molar-refractivity contribution is -0.129. The lowest BCUT2D eigenvalue weighted by atomic mass is 10.0. The number of carbonyl (C=O) groups excluding carboxylic acids is 1. The molecule has 0 N–H and O–H groups in total. The zero-order valence-corrected chi connectivity index (χ0v) is 14.5. The summed E-state index contributed by atoms with van der Waals surface area (Å²) >= 11 is 0. The van der Waals surface area contributed by atoms with Gasteiger partial charge in [-0.2, -0.15) is 0 Å². The summed E-state index contributed by atoms with van der Waals surface area (Å²) in [5.74, 6) is 3.75. The quantitative estimate of drug-likeness (QED) is 0.831. The summed E-state index contributed by atoms with van der Waals surface area (Å²) in [4.78, 5) is 27.3. The zero-order valence-electron chi connectivity index (χ0n) is 14.5. The molecule has 3 heterocycles. The molecule has 1 unspecified atom stereocenters. The van der Waals surface area contributed by atoms with Gasteiger partial charge in [-0.3, -0.25) is 4.79 Å². The van der Waals surface area contributed by atoms with E-state index in [-0.39, 0.29) is 5.91 Å². The normalized spacial score (nSPS) is 22.4. The fraction of sp³-hybridized carbons (Fsp3) is 0.706. The van der Waals surface area contributed by atoms with Crippen molar-refractivity contribution in [2.24, 2.45) is 5.92 Å². The maximum atomic E-state index is 11.5. The van der Waals surface area contributed by atoms with Crippen LogP contribution in [0.15, 0.2) is 6.07 Å². The second-order valence-corrected chi connectivity index (χ2v) is 6.82. The van der Waals surface area contributed by atoms with E-state index in [2.05, 4.69) is 32.8 Å². The number of piperazine rings is 1. The predicted octanol–water partition coefficient (Wildman–Crippen LogP) is 1.69. The van der Waals surface area contributed by atoms with Crippen LogP contribution in [0.3, 0.4) is 0 Å². The van der Waals surface area contributed by atoms with Crippen LogP contribution in [0.4, 0.5) is 11.6 Å². The van der Waals surface area contributed by atoms with Crippen molar-refractivity contribution in [1.29, 1.82) is 0 Å². The Kier molecular flexibility index (Phi) is 4.68. The Morgan fingerprint density at radius 1 is 1.09 bits per heavy atom. The lowest BCUT2D eigenvalue weighted by Crippen LogP contribution is -2.48. The lowest BCUT2D eigenvalue weighted by Gasteiger charge is -2.36. The molecule has 0 saturated carbocycles. The second kappa shape index (κ2) is 6.72. The molecule has 2 aliphatic rings. The fourth-order valence-electron chi connectivity index (χ4n) is 3.51. The summed E-state index contributed by atoms with van der Waals surface area (Å²) in [7, 11) is 0. The molecule has 1 atom stereocenters. The molecule has 0 aliphatic carbocycles. The van der Waals surface area contributed by atoms with Crippen molar-refractivity contribution in [2.75, 3.05) is 49.1 Å². The van der Waals surface area contributed by atoms with Crippen LogP contribution in [0.5, 0.6) is 0 Å². The van der Waals surface area contributed by atoms with Crippen LogP contribution in [0.25, 0.3) is 0 Å². The molecule has 2 aliphatic heterocycles. The van der Waals surface area contributed by atoms with Crippen molar-refractivity contribution in [2.45, 2.75) is 33.6 Å². The zero-order chi connectivity index (χ0) is 16.4. The van der Waals surface area contributed by atoms with Crippen LogP contribution in [-0.2, 0) is 4.79 Å². The Morgan fingerprint density at radius 2 is 1.74 bits per heavy atom. The van der Waals surface area contributed by atoms with Crippen molar-refractivity contribution in [3.8, 4) is 0 Å². The number of anilines is 2. The molecule has 1 aromatic heterocycles. The monoisotopic (exact) mass is 317 g/mol. The number of aromatic nitrogens is 2. The van der Waals surface area contributed by atoms with E-state index in [0.717, 1.165) is 62.6 Å². The summed E-state index contributed by atoms with van der Waals surface area (Å²) in [6.07, 6.45) is 2.54. The molecule has 126 valence electrons. The van der Waals surface area contributed by atoms with Crippen molar-refractivity contribution in [3.05, 3.63) is 11.9 Å². The number of nitrogens with zero attached hydrogens (tertiary/aromatic N) is 5. The average molecular weight is 317 g/mol. The van der Waals surface area contributed by atoms with Gasteiger partial charge in [0.05, 0.1) is 0 Å². The van der Waals surface area contributed by atoms with Gasteiger partial charge in [-0.25, -0.2) is 9.97 Å². The number of carbonyl (C=O) groups is 1. The minimum absolute atomic E-state index is 0.159. The first-order valence-electron chi connectivity index (χ1n) is 8.64. The number of rotatable bonds is 2. The van der Waals surface area contributed by atoms with Gasteiger partial charge in [0.15, 0.2) is 0 Å². The minimum Gasteiger partial charge on any atom is -0.356 e. The van der Waals surface area contributed by atoms with Gasteiger partial charge in [0, 0.05) is 52.3 Å². The molecule has 23 heavy (non-hydrogen) atoms. The van der Waals surface area contributed by atoms with E-state index in [1.807, 2.05) is 11.8 Å². The van der Waals surface area contributed by atoms with E-state index < -0.39 is 0 Å².